The third-order valence-corrected chi connectivity index (χ3v) is 6.11. The minimum atomic E-state index is -3.77. The molecule has 3 aromatic rings. The van der Waals surface area contributed by atoms with Gasteiger partial charge in [0.15, 0.2) is 11.6 Å². The van der Waals surface area contributed by atoms with Crippen molar-refractivity contribution in [3.63, 3.8) is 0 Å². The number of anilines is 2. The number of para-hydroxylation sites is 2. The molecule has 1 N–H and O–H groups in total. The summed E-state index contributed by atoms with van der Waals surface area (Å²) in [5, 5.41) is 3.19. The predicted octanol–water partition coefficient (Wildman–Crippen LogP) is 3.21. The van der Waals surface area contributed by atoms with Crippen molar-refractivity contribution >= 4 is 32.7 Å². The van der Waals surface area contributed by atoms with Crippen LogP contribution in [0.25, 0.3) is 11.0 Å². The summed E-state index contributed by atoms with van der Waals surface area (Å²) in [5.74, 6) is 0.685. The van der Waals surface area contributed by atoms with E-state index in [0.717, 1.165) is 12.0 Å². The summed E-state index contributed by atoms with van der Waals surface area (Å²) in [5.41, 5.74) is 2.32. The second-order valence-electron chi connectivity index (χ2n) is 6.44. The highest BCUT2D eigenvalue weighted by Gasteiger charge is 2.25. The van der Waals surface area contributed by atoms with Crippen LogP contribution in [0, 0.1) is 6.92 Å². The molecule has 0 amide bonds. The number of aryl methyl sites for hydroxylation is 1. The zero-order valence-corrected chi connectivity index (χ0v) is 17.0. The first-order valence-electron chi connectivity index (χ1n) is 8.98. The van der Waals surface area contributed by atoms with Gasteiger partial charge < -0.3 is 10.1 Å². The fraction of sp³-hybridized carbons (Fsp3) is 0.300. The van der Waals surface area contributed by atoms with Crippen LogP contribution in [0.15, 0.2) is 53.4 Å². The number of fused-ring (bicyclic) bond motifs is 1. The van der Waals surface area contributed by atoms with E-state index in [-0.39, 0.29) is 10.7 Å². The molecular formula is C20H24N4O3S. The lowest BCUT2D eigenvalue weighted by Crippen LogP contribution is -2.29. The molecular weight excluding hydrogens is 376 g/mol. The molecule has 8 heteroatoms. The van der Waals surface area contributed by atoms with Gasteiger partial charge in [-0.2, -0.15) is 0 Å². The van der Waals surface area contributed by atoms with E-state index in [2.05, 4.69) is 15.3 Å². The third kappa shape index (κ3) is 4.23. The minimum Gasteiger partial charge on any atom is -0.385 e. The maximum absolute atomic E-state index is 13.1. The number of nitrogens with zero attached hydrogens (tertiary/aromatic N) is 3. The number of sulfonamides is 1. The Bertz CT molecular complexity index is 1050. The average molecular weight is 401 g/mol. The molecule has 0 aliphatic carbocycles. The van der Waals surface area contributed by atoms with E-state index in [1.807, 2.05) is 31.2 Å². The van der Waals surface area contributed by atoms with Crippen LogP contribution >= 0.6 is 0 Å². The molecule has 0 aliphatic heterocycles. The summed E-state index contributed by atoms with van der Waals surface area (Å²) in [7, 11) is -0.633. The Labute approximate surface area is 165 Å². The quantitative estimate of drug-likeness (QED) is 0.585. The summed E-state index contributed by atoms with van der Waals surface area (Å²) in [6.45, 7) is 3.10. The van der Waals surface area contributed by atoms with Crippen molar-refractivity contribution in [3.05, 3.63) is 54.1 Å². The van der Waals surface area contributed by atoms with Crippen molar-refractivity contribution in [2.24, 2.45) is 0 Å². The summed E-state index contributed by atoms with van der Waals surface area (Å²) >= 11 is 0. The molecule has 0 unspecified atom stereocenters. The lowest BCUT2D eigenvalue weighted by Gasteiger charge is -2.21. The van der Waals surface area contributed by atoms with Gasteiger partial charge in [0.2, 0.25) is 0 Å². The van der Waals surface area contributed by atoms with Gasteiger partial charge in [0.1, 0.15) is 0 Å². The van der Waals surface area contributed by atoms with Crippen LogP contribution < -0.4 is 9.62 Å². The maximum Gasteiger partial charge on any atom is 0.265 e. The van der Waals surface area contributed by atoms with Crippen LogP contribution in [0.1, 0.15) is 12.0 Å². The van der Waals surface area contributed by atoms with Gasteiger partial charge in [0, 0.05) is 27.3 Å². The van der Waals surface area contributed by atoms with Crippen molar-refractivity contribution in [2.45, 2.75) is 18.2 Å². The second-order valence-corrected chi connectivity index (χ2v) is 8.41. The first-order chi connectivity index (χ1) is 13.4. The smallest absolute Gasteiger partial charge is 0.265 e. The van der Waals surface area contributed by atoms with Crippen LogP contribution in [0.3, 0.4) is 0 Å². The van der Waals surface area contributed by atoms with Crippen molar-refractivity contribution in [2.75, 3.05) is 36.9 Å². The van der Waals surface area contributed by atoms with Crippen LogP contribution in [0.4, 0.5) is 11.6 Å². The van der Waals surface area contributed by atoms with E-state index in [1.54, 1.807) is 31.4 Å². The number of benzene rings is 2. The maximum atomic E-state index is 13.1. The van der Waals surface area contributed by atoms with E-state index < -0.39 is 10.0 Å². The fourth-order valence-corrected chi connectivity index (χ4v) is 3.89. The Morgan fingerprint density at radius 1 is 1.04 bits per heavy atom. The zero-order valence-electron chi connectivity index (χ0n) is 16.2. The Morgan fingerprint density at radius 3 is 2.32 bits per heavy atom. The standard InChI is InChI=1S/C20H24N4O3S/c1-15-9-11-16(12-10-15)28(25,26)24(2)20-19(21-13-6-14-27-3)22-17-7-4-5-8-18(17)23-20/h4-5,7-12H,6,13-14H2,1-3H3,(H,21,22). The third-order valence-electron chi connectivity index (χ3n) is 4.35. The second kappa shape index (κ2) is 8.53. The number of aromatic nitrogens is 2. The van der Waals surface area contributed by atoms with Crippen LogP contribution in [0.2, 0.25) is 0 Å². The molecule has 0 fully saturated rings. The SMILES string of the molecule is COCCCNc1nc2ccccc2nc1N(C)S(=O)(=O)c1ccc(C)cc1. The molecule has 0 saturated carbocycles. The highest BCUT2D eigenvalue weighted by atomic mass is 32.2. The molecule has 0 spiro atoms. The van der Waals surface area contributed by atoms with Gasteiger partial charge in [-0.15, -0.1) is 0 Å². The number of nitrogens with one attached hydrogen (secondary N) is 1. The van der Waals surface area contributed by atoms with Crippen LogP contribution in [-0.4, -0.2) is 45.7 Å². The Kier molecular flexibility index (Phi) is 6.11. The first-order valence-corrected chi connectivity index (χ1v) is 10.4. The molecule has 0 aliphatic rings. The van der Waals surface area contributed by atoms with Crippen molar-refractivity contribution in [1.29, 1.82) is 0 Å². The van der Waals surface area contributed by atoms with E-state index in [4.69, 9.17) is 4.74 Å². The topological polar surface area (TPSA) is 84.4 Å². The molecule has 0 saturated heterocycles. The van der Waals surface area contributed by atoms with Gasteiger partial charge in [-0.1, -0.05) is 29.8 Å². The zero-order chi connectivity index (χ0) is 20.1. The highest BCUT2D eigenvalue weighted by Crippen LogP contribution is 2.28. The Hall–Kier alpha value is -2.71. The monoisotopic (exact) mass is 400 g/mol. The lowest BCUT2D eigenvalue weighted by atomic mass is 10.2. The van der Waals surface area contributed by atoms with Crippen molar-refractivity contribution < 1.29 is 13.2 Å². The first kappa shape index (κ1) is 20.0. The molecule has 28 heavy (non-hydrogen) atoms. The average Bonchev–Trinajstić information content (AvgIpc) is 2.70. The number of hydrogen-bond acceptors (Lipinski definition) is 6. The van der Waals surface area contributed by atoms with Gasteiger partial charge >= 0.3 is 0 Å². The van der Waals surface area contributed by atoms with Gasteiger partial charge in [0.05, 0.1) is 15.9 Å². The van der Waals surface area contributed by atoms with Gasteiger partial charge in [0.25, 0.3) is 10.0 Å². The predicted molar refractivity (Wildman–Crippen MR) is 111 cm³/mol. The number of methoxy groups -OCH3 is 1. The number of rotatable bonds is 8. The van der Waals surface area contributed by atoms with E-state index in [0.29, 0.717) is 30.0 Å². The van der Waals surface area contributed by atoms with E-state index in [1.165, 1.54) is 11.4 Å². The molecule has 0 bridgehead atoms. The molecule has 0 atom stereocenters. The van der Waals surface area contributed by atoms with Gasteiger partial charge in [-0.05, 0) is 37.6 Å². The molecule has 148 valence electrons. The largest absolute Gasteiger partial charge is 0.385 e. The van der Waals surface area contributed by atoms with Crippen LogP contribution in [0.5, 0.6) is 0 Å². The molecule has 7 nitrogen and oxygen atoms in total. The Morgan fingerprint density at radius 2 is 1.68 bits per heavy atom. The summed E-state index contributed by atoms with van der Waals surface area (Å²) in [4.78, 5) is 9.38. The lowest BCUT2D eigenvalue weighted by molar-refractivity contribution is 0.198. The normalized spacial score (nSPS) is 11.5. The Balaban J connectivity index is 2.02. The van der Waals surface area contributed by atoms with Gasteiger partial charge in [-0.25, -0.2) is 22.7 Å². The number of ether oxygens (including phenoxy) is 1. The van der Waals surface area contributed by atoms with E-state index in [9.17, 15) is 8.42 Å². The minimum absolute atomic E-state index is 0.209. The van der Waals surface area contributed by atoms with E-state index >= 15 is 0 Å². The molecule has 2 aromatic carbocycles. The van der Waals surface area contributed by atoms with Crippen LogP contribution in [-0.2, 0) is 14.8 Å². The summed E-state index contributed by atoms with van der Waals surface area (Å²) in [6.07, 6.45) is 0.763. The molecule has 0 radical (unpaired) electrons. The highest BCUT2D eigenvalue weighted by molar-refractivity contribution is 7.92. The summed E-state index contributed by atoms with van der Waals surface area (Å²) in [6, 6.07) is 14.1. The van der Waals surface area contributed by atoms with Crippen molar-refractivity contribution in [3.8, 4) is 0 Å². The van der Waals surface area contributed by atoms with Gasteiger partial charge in [-0.3, -0.25) is 0 Å². The fourth-order valence-electron chi connectivity index (χ4n) is 2.73. The molecule has 1 aromatic heterocycles. The number of hydrogen-bond donors (Lipinski definition) is 1. The molecule has 3 rings (SSSR count). The summed E-state index contributed by atoms with van der Waals surface area (Å²) < 4.78 is 32.5. The van der Waals surface area contributed by atoms with Crippen molar-refractivity contribution in [1.82, 2.24) is 9.97 Å². The molecule has 1 heterocycles.